The Hall–Kier alpha value is 2.08. The normalized spacial score (nSPS) is 9.83. The average molecular weight is 345 g/mol. The van der Waals surface area contributed by atoms with Crippen LogP contribution >= 0.6 is 0 Å². The fraction of sp³-hybridized carbons (Fsp3) is 0.800. The predicted molar refractivity (Wildman–Crippen MR) is 36.7 cm³/mol. The Morgan fingerprint density at radius 1 is 1.25 bits per heavy atom. The van der Waals surface area contributed by atoms with Gasteiger partial charge in [-0.15, -0.1) is 0 Å². The summed E-state index contributed by atoms with van der Waals surface area (Å²) >= 11 is 0. The van der Waals surface area contributed by atoms with Crippen LogP contribution in [0.5, 0.6) is 0 Å². The molecule has 0 aliphatic rings. The monoisotopic (exact) mass is 345 g/mol. The molecular weight excluding hydrogens is 334 g/mol. The SMILES string of the molecule is [CH2-]OCS(=O)(=O)COCC.[Y].[Y]. The zero-order valence-corrected chi connectivity index (χ0v) is 13.5. The molecular formula is C5H11O4SY2-. The maximum Gasteiger partial charge on any atom is 0.195 e. The number of sulfone groups is 1. The largest absolute Gasteiger partial charge is 0.544 e. The van der Waals surface area contributed by atoms with Crippen LogP contribution in [0.3, 0.4) is 0 Å². The number of ether oxygens (including phenoxy) is 2. The van der Waals surface area contributed by atoms with Crippen LogP contribution in [-0.2, 0) is 84.7 Å². The van der Waals surface area contributed by atoms with Crippen LogP contribution in [0.15, 0.2) is 0 Å². The topological polar surface area (TPSA) is 52.6 Å². The van der Waals surface area contributed by atoms with Crippen molar-refractivity contribution >= 4 is 9.84 Å². The van der Waals surface area contributed by atoms with Gasteiger partial charge in [-0.25, -0.2) is 15.5 Å². The van der Waals surface area contributed by atoms with E-state index in [-0.39, 0.29) is 77.3 Å². The van der Waals surface area contributed by atoms with Crippen LogP contribution in [-0.4, -0.2) is 26.9 Å². The van der Waals surface area contributed by atoms with Gasteiger partial charge in [-0.2, -0.15) is 0 Å². The molecule has 7 heteroatoms. The van der Waals surface area contributed by atoms with Gasteiger partial charge < -0.3 is 9.47 Å². The number of hydrogen-bond acceptors (Lipinski definition) is 4. The van der Waals surface area contributed by atoms with Gasteiger partial charge in [0, 0.05) is 72.0 Å². The second kappa shape index (κ2) is 11.2. The van der Waals surface area contributed by atoms with Crippen molar-refractivity contribution in [2.45, 2.75) is 6.92 Å². The smallest absolute Gasteiger partial charge is 0.195 e. The molecule has 2 radical (unpaired) electrons. The first-order valence-corrected chi connectivity index (χ1v) is 4.59. The van der Waals surface area contributed by atoms with Crippen molar-refractivity contribution < 1.29 is 83.3 Å². The first-order chi connectivity index (χ1) is 4.62. The van der Waals surface area contributed by atoms with E-state index in [0.29, 0.717) is 6.61 Å². The molecule has 0 bridgehead atoms. The van der Waals surface area contributed by atoms with E-state index in [1.54, 1.807) is 6.92 Å². The second-order valence-corrected chi connectivity index (χ2v) is 3.63. The third-order valence-electron chi connectivity index (χ3n) is 0.730. The van der Waals surface area contributed by atoms with Crippen LogP contribution < -0.4 is 0 Å². The van der Waals surface area contributed by atoms with Gasteiger partial charge in [0.15, 0.2) is 15.8 Å². The minimum Gasteiger partial charge on any atom is -0.544 e. The van der Waals surface area contributed by atoms with E-state index in [1.165, 1.54) is 0 Å². The van der Waals surface area contributed by atoms with Gasteiger partial charge in [0.25, 0.3) is 0 Å². The summed E-state index contributed by atoms with van der Waals surface area (Å²) in [6, 6.07) is 0. The fourth-order valence-corrected chi connectivity index (χ4v) is 1.11. The molecule has 0 aromatic carbocycles. The van der Waals surface area contributed by atoms with E-state index in [4.69, 9.17) is 0 Å². The van der Waals surface area contributed by atoms with Gasteiger partial charge in [0.05, 0.1) is 0 Å². The molecule has 0 rings (SSSR count). The van der Waals surface area contributed by atoms with Crippen LogP contribution in [0.1, 0.15) is 6.92 Å². The Bertz CT molecular complexity index is 168. The summed E-state index contributed by atoms with van der Waals surface area (Å²) in [4.78, 5) is 0. The summed E-state index contributed by atoms with van der Waals surface area (Å²) in [5.41, 5.74) is 0. The second-order valence-electron chi connectivity index (χ2n) is 1.68. The minimum atomic E-state index is -3.20. The van der Waals surface area contributed by atoms with Crippen LogP contribution in [0, 0.1) is 7.11 Å². The van der Waals surface area contributed by atoms with E-state index in [1.807, 2.05) is 0 Å². The molecule has 0 aliphatic heterocycles. The standard InChI is InChI=1S/C5H11O4S.2Y/c1-3-9-5-10(6,7)4-8-2;;/h2-5H2,1H3;;/q-1;;. The zero-order valence-electron chi connectivity index (χ0n) is 7.02. The molecule has 0 heterocycles. The molecule has 0 spiro atoms. The van der Waals surface area contributed by atoms with Crippen LogP contribution in [0.2, 0.25) is 0 Å². The Labute approximate surface area is 124 Å². The quantitative estimate of drug-likeness (QED) is 0.666. The van der Waals surface area contributed by atoms with Crippen molar-refractivity contribution in [2.24, 2.45) is 0 Å². The average Bonchev–Trinajstić information content (AvgIpc) is 1.84. The third-order valence-corrected chi connectivity index (χ3v) is 1.78. The van der Waals surface area contributed by atoms with Gasteiger partial charge in [0.1, 0.15) is 5.94 Å². The summed E-state index contributed by atoms with van der Waals surface area (Å²) in [6.07, 6.45) is 0. The predicted octanol–water partition coefficient (Wildman–Crippen LogP) is 0.156. The van der Waals surface area contributed by atoms with Crippen molar-refractivity contribution in [1.82, 2.24) is 0 Å². The fourth-order valence-electron chi connectivity index (χ4n) is 0.371. The molecule has 0 aromatic rings. The van der Waals surface area contributed by atoms with Gasteiger partial charge in [-0.3, -0.25) is 0 Å². The molecule has 0 atom stereocenters. The molecule has 68 valence electrons. The van der Waals surface area contributed by atoms with E-state index < -0.39 is 9.84 Å². The Kier molecular flexibility index (Phi) is 18.2. The maximum absolute atomic E-state index is 10.7. The van der Waals surface area contributed by atoms with E-state index in [0.717, 1.165) is 0 Å². The van der Waals surface area contributed by atoms with Crippen LogP contribution in [0.25, 0.3) is 0 Å². The van der Waals surface area contributed by atoms with E-state index in [2.05, 4.69) is 16.6 Å². The summed E-state index contributed by atoms with van der Waals surface area (Å²) < 4.78 is 30.2. The molecule has 0 saturated carbocycles. The Morgan fingerprint density at radius 3 is 2.08 bits per heavy atom. The summed E-state index contributed by atoms with van der Waals surface area (Å²) in [5, 5.41) is 0. The molecule has 0 amide bonds. The molecule has 4 nitrogen and oxygen atoms in total. The molecule has 0 fully saturated rings. The molecule has 0 unspecified atom stereocenters. The minimum absolute atomic E-state index is 0. The summed E-state index contributed by atoms with van der Waals surface area (Å²) in [7, 11) is -0.257. The zero-order chi connectivity index (χ0) is 8.04. The van der Waals surface area contributed by atoms with Gasteiger partial charge in [-0.05, 0) is 6.92 Å². The molecule has 0 N–H and O–H groups in total. The number of hydrogen-bond donors (Lipinski definition) is 0. The Morgan fingerprint density at radius 2 is 1.75 bits per heavy atom. The van der Waals surface area contributed by atoms with Gasteiger partial charge in [0.2, 0.25) is 0 Å². The van der Waals surface area contributed by atoms with Gasteiger partial charge in [-0.1, -0.05) is 0 Å². The number of rotatable bonds is 5. The first-order valence-electron chi connectivity index (χ1n) is 2.77. The summed E-state index contributed by atoms with van der Waals surface area (Å²) in [5.74, 6) is -0.675. The Balaban J connectivity index is -0.000000405. The first kappa shape index (κ1) is 19.6. The van der Waals surface area contributed by atoms with Crippen molar-refractivity contribution in [3.63, 3.8) is 0 Å². The van der Waals surface area contributed by atoms with Crippen molar-refractivity contribution in [1.29, 1.82) is 0 Å². The molecule has 0 aliphatic carbocycles. The third kappa shape index (κ3) is 12.1. The van der Waals surface area contributed by atoms with Crippen molar-refractivity contribution in [2.75, 3.05) is 18.5 Å². The van der Waals surface area contributed by atoms with E-state index in [9.17, 15) is 8.42 Å². The maximum atomic E-state index is 10.7. The molecule has 0 aromatic heterocycles. The molecule has 12 heavy (non-hydrogen) atoms. The van der Waals surface area contributed by atoms with Gasteiger partial charge >= 0.3 is 0 Å². The van der Waals surface area contributed by atoms with E-state index >= 15 is 0 Å². The van der Waals surface area contributed by atoms with Crippen molar-refractivity contribution in [3.05, 3.63) is 7.11 Å². The molecule has 0 saturated heterocycles. The van der Waals surface area contributed by atoms with Crippen LogP contribution in [0.4, 0.5) is 0 Å². The summed E-state index contributed by atoms with van der Waals surface area (Å²) in [6.45, 7) is 2.11. The van der Waals surface area contributed by atoms with Crippen molar-refractivity contribution in [3.8, 4) is 0 Å².